The maximum atomic E-state index is 14.1. The van der Waals surface area contributed by atoms with Crippen molar-refractivity contribution in [1.29, 1.82) is 0 Å². The molecule has 0 radical (unpaired) electrons. The fraction of sp³-hybridized carbons (Fsp3) is 0.462. The normalized spacial score (nSPS) is 32.5. The topological polar surface area (TPSA) is 40.6 Å². The molecule has 3 aliphatic heterocycles. The van der Waals surface area contributed by atoms with Crippen LogP contribution in [0.2, 0.25) is 0 Å². The Hall–Kier alpha value is -1.66. The zero-order chi connectivity index (χ0) is 22.6. The van der Waals surface area contributed by atoms with Gasteiger partial charge in [0.1, 0.15) is 12.1 Å². The molecule has 6 atom stereocenters. The van der Waals surface area contributed by atoms with E-state index in [2.05, 4.69) is 57.8 Å². The van der Waals surface area contributed by atoms with Crippen molar-refractivity contribution in [2.75, 3.05) is 0 Å². The predicted molar refractivity (Wildman–Crippen MR) is 132 cm³/mol. The molecule has 0 saturated carbocycles. The molecule has 5 unspecified atom stereocenters. The van der Waals surface area contributed by atoms with Crippen molar-refractivity contribution in [2.24, 2.45) is 11.8 Å². The highest BCUT2D eigenvalue weighted by molar-refractivity contribution is 9.10. The second kappa shape index (κ2) is 8.60. The van der Waals surface area contributed by atoms with Gasteiger partial charge in [0.25, 0.3) is 0 Å². The first-order chi connectivity index (χ1) is 15.4. The molecule has 168 valence electrons. The number of carbonyl (C=O) groups is 2. The molecule has 5 rings (SSSR count). The van der Waals surface area contributed by atoms with E-state index in [9.17, 15) is 9.59 Å². The lowest BCUT2D eigenvalue weighted by atomic mass is 9.76. The number of rotatable bonds is 2. The van der Waals surface area contributed by atoms with E-state index in [-0.39, 0.29) is 36.0 Å². The van der Waals surface area contributed by atoms with Crippen molar-refractivity contribution in [1.82, 2.24) is 9.80 Å². The monoisotopic (exact) mass is 558 g/mol. The van der Waals surface area contributed by atoms with Crippen molar-refractivity contribution < 1.29 is 9.59 Å². The van der Waals surface area contributed by atoms with Crippen molar-refractivity contribution in [3.05, 3.63) is 68.6 Å². The quantitative estimate of drug-likeness (QED) is 0.435. The summed E-state index contributed by atoms with van der Waals surface area (Å²) in [7, 11) is 0. The van der Waals surface area contributed by atoms with Gasteiger partial charge < -0.3 is 9.80 Å². The molecule has 3 heterocycles. The van der Waals surface area contributed by atoms with Gasteiger partial charge in [0.15, 0.2) is 0 Å². The van der Waals surface area contributed by atoms with Crippen LogP contribution in [0.15, 0.2) is 57.5 Å². The van der Waals surface area contributed by atoms with Crippen LogP contribution < -0.4 is 0 Å². The van der Waals surface area contributed by atoms with E-state index in [4.69, 9.17) is 0 Å². The van der Waals surface area contributed by atoms with Crippen molar-refractivity contribution >= 4 is 43.7 Å². The number of halogens is 2. The summed E-state index contributed by atoms with van der Waals surface area (Å²) >= 11 is 7.39. The summed E-state index contributed by atoms with van der Waals surface area (Å²) in [6, 6.07) is 15.3. The highest BCUT2D eigenvalue weighted by Gasteiger charge is 2.55. The van der Waals surface area contributed by atoms with E-state index in [1.807, 2.05) is 46.2 Å². The minimum absolute atomic E-state index is 0.0795. The number of hydrogen-bond donors (Lipinski definition) is 0. The van der Waals surface area contributed by atoms with Gasteiger partial charge in [-0.15, -0.1) is 0 Å². The van der Waals surface area contributed by atoms with Crippen LogP contribution in [-0.2, 0) is 9.59 Å². The SMILES string of the molecule is CC1CCC2C(=O)N3C(CCC(C)[C@H]3c3ccccc3Br)C(=O)N2C1c1ccccc1Br. The first-order valence-electron chi connectivity index (χ1n) is 11.5. The lowest BCUT2D eigenvalue weighted by Crippen LogP contribution is -2.69. The lowest BCUT2D eigenvalue weighted by molar-refractivity contribution is -0.177. The molecule has 2 aromatic rings. The summed E-state index contributed by atoms with van der Waals surface area (Å²) in [5, 5.41) is 0. The zero-order valence-electron chi connectivity index (χ0n) is 18.4. The Kier molecular flexibility index (Phi) is 5.95. The van der Waals surface area contributed by atoms with E-state index in [1.165, 1.54) is 0 Å². The van der Waals surface area contributed by atoms with Crippen LogP contribution in [-0.4, -0.2) is 33.7 Å². The fourth-order valence-electron chi connectivity index (χ4n) is 6.12. The highest BCUT2D eigenvalue weighted by atomic mass is 79.9. The molecule has 2 aromatic carbocycles. The number of benzene rings is 2. The van der Waals surface area contributed by atoms with Crippen LogP contribution in [0.4, 0.5) is 0 Å². The van der Waals surface area contributed by atoms with Gasteiger partial charge >= 0.3 is 0 Å². The first kappa shape index (κ1) is 22.1. The van der Waals surface area contributed by atoms with Gasteiger partial charge in [-0.05, 0) is 60.8 Å². The van der Waals surface area contributed by atoms with Gasteiger partial charge in [0.05, 0.1) is 12.1 Å². The van der Waals surface area contributed by atoms with Gasteiger partial charge in [-0.2, -0.15) is 0 Å². The Morgan fingerprint density at radius 3 is 1.41 bits per heavy atom. The molecule has 0 bridgehead atoms. The van der Waals surface area contributed by atoms with Gasteiger partial charge in [0, 0.05) is 8.95 Å². The number of piperazine rings is 1. The summed E-state index contributed by atoms with van der Waals surface area (Å²) in [5.74, 6) is 0.835. The second-order valence-corrected chi connectivity index (χ2v) is 11.3. The molecule has 0 aromatic heterocycles. The van der Waals surface area contributed by atoms with Gasteiger partial charge in [0.2, 0.25) is 11.8 Å². The molecule has 0 N–H and O–H groups in total. The Bertz CT molecular complexity index is 974. The number of hydrogen-bond acceptors (Lipinski definition) is 2. The Balaban J connectivity index is 1.57. The maximum absolute atomic E-state index is 14.1. The van der Waals surface area contributed by atoms with Crippen LogP contribution in [0.25, 0.3) is 0 Å². The maximum Gasteiger partial charge on any atom is 0.246 e. The highest BCUT2D eigenvalue weighted by Crippen LogP contribution is 2.49. The minimum atomic E-state index is -0.387. The number of amides is 2. The largest absolute Gasteiger partial charge is 0.322 e. The molecule has 0 spiro atoms. The van der Waals surface area contributed by atoms with Crippen LogP contribution >= 0.6 is 31.9 Å². The summed E-state index contributed by atoms with van der Waals surface area (Å²) in [5.41, 5.74) is 2.21. The Labute approximate surface area is 206 Å². The van der Waals surface area contributed by atoms with E-state index in [0.717, 1.165) is 45.8 Å². The summed E-state index contributed by atoms with van der Waals surface area (Å²) < 4.78 is 2.01. The van der Waals surface area contributed by atoms with Crippen molar-refractivity contribution in [3.8, 4) is 0 Å². The Morgan fingerprint density at radius 1 is 0.656 bits per heavy atom. The minimum Gasteiger partial charge on any atom is -0.322 e. The molecular weight excluding hydrogens is 532 g/mol. The molecule has 2 amide bonds. The third kappa shape index (κ3) is 3.45. The molecular formula is C26H28Br2N2O2. The average molecular weight is 560 g/mol. The standard InChI is InChI=1S/C26H28Br2N2O2/c1-15-11-13-21-26(32)30-22(14-12-16(2)24(30)18-8-4-6-10-20(18)28)25(31)29(21)23(15)17-7-3-5-9-19(17)27/h3-10,15-16,21-24H,11-14H2,1-2H3/t15?,16?,21?,22?,23-,24?/m0/s1. The molecule has 3 aliphatic rings. The lowest BCUT2D eigenvalue weighted by Gasteiger charge is -2.56. The molecule has 3 saturated heterocycles. The third-order valence-corrected chi connectivity index (χ3v) is 9.11. The molecule has 6 heteroatoms. The molecule has 4 nitrogen and oxygen atoms in total. The van der Waals surface area contributed by atoms with E-state index >= 15 is 0 Å². The van der Waals surface area contributed by atoms with Crippen molar-refractivity contribution in [2.45, 2.75) is 63.7 Å². The third-order valence-electron chi connectivity index (χ3n) is 7.67. The van der Waals surface area contributed by atoms with Crippen LogP contribution in [0.1, 0.15) is 62.7 Å². The number of carbonyl (C=O) groups excluding carboxylic acids is 2. The van der Waals surface area contributed by atoms with Crippen LogP contribution in [0, 0.1) is 11.8 Å². The summed E-state index contributed by atoms with van der Waals surface area (Å²) in [4.78, 5) is 32.0. The van der Waals surface area contributed by atoms with Gasteiger partial charge in [-0.3, -0.25) is 9.59 Å². The van der Waals surface area contributed by atoms with Crippen LogP contribution in [0.5, 0.6) is 0 Å². The number of piperidine rings is 2. The molecule has 3 fully saturated rings. The number of nitrogens with zero attached hydrogens (tertiary/aromatic N) is 2. The molecule has 0 aliphatic carbocycles. The van der Waals surface area contributed by atoms with E-state index in [1.54, 1.807) is 0 Å². The van der Waals surface area contributed by atoms with Crippen molar-refractivity contribution in [3.63, 3.8) is 0 Å². The second-order valence-electron chi connectivity index (χ2n) is 9.56. The number of fused-ring (bicyclic) bond motifs is 2. The Morgan fingerprint density at radius 2 is 1.03 bits per heavy atom. The van der Waals surface area contributed by atoms with Gasteiger partial charge in [-0.1, -0.05) is 82.1 Å². The summed E-state index contributed by atoms with van der Waals surface area (Å²) in [6.07, 6.45) is 3.32. The molecule has 32 heavy (non-hydrogen) atoms. The van der Waals surface area contributed by atoms with E-state index in [0.29, 0.717) is 11.8 Å². The summed E-state index contributed by atoms with van der Waals surface area (Å²) in [6.45, 7) is 4.41. The van der Waals surface area contributed by atoms with Crippen LogP contribution in [0.3, 0.4) is 0 Å². The van der Waals surface area contributed by atoms with Gasteiger partial charge in [-0.25, -0.2) is 0 Å². The average Bonchev–Trinajstić information content (AvgIpc) is 2.78. The predicted octanol–water partition coefficient (Wildman–Crippen LogP) is 6.26. The smallest absolute Gasteiger partial charge is 0.246 e. The fourth-order valence-corrected chi connectivity index (χ4v) is 7.16. The first-order valence-corrected chi connectivity index (χ1v) is 13.1. The zero-order valence-corrected chi connectivity index (χ0v) is 21.6. The van der Waals surface area contributed by atoms with E-state index < -0.39 is 0 Å².